The minimum absolute atomic E-state index is 0.368. The highest BCUT2D eigenvalue weighted by atomic mass is 32.2. The van der Waals surface area contributed by atoms with Gasteiger partial charge in [0.05, 0.1) is 13.2 Å². The highest BCUT2D eigenvalue weighted by Crippen LogP contribution is 2.14. The first-order valence-corrected chi connectivity index (χ1v) is 7.43. The summed E-state index contributed by atoms with van der Waals surface area (Å²) in [5.41, 5.74) is 0. The summed E-state index contributed by atoms with van der Waals surface area (Å²) in [6, 6.07) is 2.35. The van der Waals surface area contributed by atoms with Gasteiger partial charge in [0.2, 0.25) is 0 Å². The van der Waals surface area contributed by atoms with Crippen LogP contribution in [-0.2, 0) is 4.74 Å². The van der Waals surface area contributed by atoms with Crippen molar-refractivity contribution in [1.29, 1.82) is 0 Å². The molecule has 1 fully saturated rings. The molecule has 1 aliphatic heterocycles. The van der Waals surface area contributed by atoms with Crippen LogP contribution in [0.5, 0.6) is 0 Å². The van der Waals surface area contributed by atoms with Crippen LogP contribution in [0, 0.1) is 0 Å². The average molecular weight is 268 g/mol. The standard InChI is InChI=1S/C12H20N4OS/c1-10(8-16-3-5-17-6-4-16)15-11-7-12(18-2)14-9-13-11/h7,9-10H,3-6,8H2,1-2H3,(H,13,14,15). The predicted octanol–water partition coefficient (Wildman–Crippen LogP) is 1.33. The summed E-state index contributed by atoms with van der Waals surface area (Å²) in [7, 11) is 0. The van der Waals surface area contributed by atoms with Crippen LogP contribution >= 0.6 is 11.8 Å². The maximum atomic E-state index is 5.34. The molecule has 6 heteroatoms. The molecule has 1 aromatic heterocycles. The number of ether oxygens (including phenoxy) is 1. The first-order chi connectivity index (χ1) is 8.78. The number of nitrogens with zero attached hydrogens (tertiary/aromatic N) is 3. The van der Waals surface area contributed by atoms with E-state index in [4.69, 9.17) is 4.74 Å². The summed E-state index contributed by atoms with van der Waals surface area (Å²) in [6.07, 6.45) is 3.62. The van der Waals surface area contributed by atoms with Crippen molar-refractivity contribution < 1.29 is 4.74 Å². The first kappa shape index (κ1) is 13.6. The Labute approximate surface area is 112 Å². The Morgan fingerprint density at radius 1 is 1.44 bits per heavy atom. The van der Waals surface area contributed by atoms with E-state index < -0.39 is 0 Å². The van der Waals surface area contributed by atoms with Crippen molar-refractivity contribution >= 4 is 17.6 Å². The molecule has 5 nitrogen and oxygen atoms in total. The number of morpholine rings is 1. The fourth-order valence-corrected chi connectivity index (χ4v) is 2.38. The number of hydrogen-bond donors (Lipinski definition) is 1. The van der Waals surface area contributed by atoms with Gasteiger partial charge in [0, 0.05) is 31.7 Å². The molecule has 0 bridgehead atoms. The summed E-state index contributed by atoms with van der Waals surface area (Å²) in [5.74, 6) is 0.898. The quantitative estimate of drug-likeness (QED) is 0.642. The second-order valence-corrected chi connectivity index (χ2v) is 5.23. The molecule has 100 valence electrons. The van der Waals surface area contributed by atoms with E-state index in [0.717, 1.165) is 43.7 Å². The zero-order valence-electron chi connectivity index (χ0n) is 10.9. The lowest BCUT2D eigenvalue weighted by molar-refractivity contribution is 0.0368. The van der Waals surface area contributed by atoms with Crippen LogP contribution in [-0.4, -0.2) is 60.0 Å². The largest absolute Gasteiger partial charge is 0.379 e. The molecule has 1 saturated heterocycles. The van der Waals surface area contributed by atoms with Gasteiger partial charge in [-0.25, -0.2) is 9.97 Å². The first-order valence-electron chi connectivity index (χ1n) is 6.20. The van der Waals surface area contributed by atoms with Gasteiger partial charge in [-0.3, -0.25) is 4.90 Å². The van der Waals surface area contributed by atoms with Gasteiger partial charge in [0.1, 0.15) is 17.2 Å². The Hall–Kier alpha value is -0.850. The predicted molar refractivity (Wildman–Crippen MR) is 74.2 cm³/mol. The molecule has 1 aliphatic rings. The summed E-state index contributed by atoms with van der Waals surface area (Å²) < 4.78 is 5.34. The highest BCUT2D eigenvalue weighted by molar-refractivity contribution is 7.98. The second-order valence-electron chi connectivity index (χ2n) is 4.40. The summed E-state index contributed by atoms with van der Waals surface area (Å²) in [4.78, 5) is 10.8. The lowest BCUT2D eigenvalue weighted by Crippen LogP contribution is -2.42. The molecule has 0 saturated carbocycles. The monoisotopic (exact) mass is 268 g/mol. The average Bonchev–Trinajstić information content (AvgIpc) is 2.40. The van der Waals surface area contributed by atoms with Crippen LogP contribution in [0.2, 0.25) is 0 Å². The van der Waals surface area contributed by atoms with E-state index in [1.165, 1.54) is 0 Å². The molecule has 0 aromatic carbocycles. The SMILES string of the molecule is CSc1cc(NC(C)CN2CCOCC2)ncn1. The zero-order valence-corrected chi connectivity index (χ0v) is 11.7. The van der Waals surface area contributed by atoms with Gasteiger partial charge in [-0.15, -0.1) is 11.8 Å². The second kappa shape index (κ2) is 6.92. The molecule has 2 heterocycles. The molecule has 1 aromatic rings. The van der Waals surface area contributed by atoms with E-state index in [0.29, 0.717) is 6.04 Å². The van der Waals surface area contributed by atoms with Gasteiger partial charge in [-0.05, 0) is 13.2 Å². The smallest absolute Gasteiger partial charge is 0.130 e. The molecule has 1 unspecified atom stereocenters. The third-order valence-corrected chi connectivity index (χ3v) is 3.52. The summed E-state index contributed by atoms with van der Waals surface area (Å²) in [6.45, 7) is 6.92. The van der Waals surface area contributed by atoms with E-state index >= 15 is 0 Å². The molecule has 2 rings (SSSR count). The van der Waals surface area contributed by atoms with E-state index in [1.807, 2.05) is 12.3 Å². The maximum Gasteiger partial charge on any atom is 0.130 e. The summed E-state index contributed by atoms with van der Waals surface area (Å²) in [5, 5.41) is 4.41. The topological polar surface area (TPSA) is 50.3 Å². The molecule has 18 heavy (non-hydrogen) atoms. The van der Waals surface area contributed by atoms with E-state index in [-0.39, 0.29) is 0 Å². The van der Waals surface area contributed by atoms with E-state index in [2.05, 4.69) is 27.1 Å². The number of thioether (sulfide) groups is 1. The Morgan fingerprint density at radius 2 is 2.22 bits per heavy atom. The lowest BCUT2D eigenvalue weighted by atomic mass is 10.3. The van der Waals surface area contributed by atoms with Gasteiger partial charge < -0.3 is 10.1 Å². The third kappa shape index (κ3) is 4.12. The van der Waals surface area contributed by atoms with Gasteiger partial charge in [0.25, 0.3) is 0 Å². The number of hydrogen-bond acceptors (Lipinski definition) is 6. The number of anilines is 1. The third-order valence-electron chi connectivity index (χ3n) is 2.88. The van der Waals surface area contributed by atoms with Gasteiger partial charge in [0.15, 0.2) is 0 Å². The van der Waals surface area contributed by atoms with Gasteiger partial charge >= 0.3 is 0 Å². The van der Waals surface area contributed by atoms with Crippen LogP contribution in [0.1, 0.15) is 6.92 Å². The Balaban J connectivity index is 1.83. The van der Waals surface area contributed by atoms with E-state index in [1.54, 1.807) is 18.1 Å². The molecular formula is C12H20N4OS. The number of rotatable bonds is 5. The van der Waals surface area contributed by atoms with Crippen LogP contribution < -0.4 is 5.32 Å². The number of nitrogens with one attached hydrogen (secondary N) is 1. The molecule has 1 atom stereocenters. The van der Waals surface area contributed by atoms with Crippen molar-refractivity contribution in [3.8, 4) is 0 Å². The van der Waals surface area contributed by atoms with Crippen LogP contribution in [0.4, 0.5) is 5.82 Å². The molecule has 1 N–H and O–H groups in total. The molecule has 0 radical (unpaired) electrons. The Kier molecular flexibility index (Phi) is 5.22. The fraction of sp³-hybridized carbons (Fsp3) is 0.667. The molecule has 0 aliphatic carbocycles. The molecular weight excluding hydrogens is 248 g/mol. The minimum Gasteiger partial charge on any atom is -0.379 e. The zero-order chi connectivity index (χ0) is 12.8. The van der Waals surface area contributed by atoms with Crippen molar-refractivity contribution in [3.05, 3.63) is 12.4 Å². The Morgan fingerprint density at radius 3 is 2.94 bits per heavy atom. The molecule has 0 amide bonds. The van der Waals surface area contributed by atoms with Crippen molar-refractivity contribution in [1.82, 2.24) is 14.9 Å². The van der Waals surface area contributed by atoms with Crippen molar-refractivity contribution in [2.24, 2.45) is 0 Å². The van der Waals surface area contributed by atoms with Crippen molar-refractivity contribution in [2.45, 2.75) is 18.0 Å². The van der Waals surface area contributed by atoms with Gasteiger partial charge in [-0.2, -0.15) is 0 Å². The van der Waals surface area contributed by atoms with Crippen LogP contribution in [0.3, 0.4) is 0 Å². The van der Waals surface area contributed by atoms with Crippen molar-refractivity contribution in [2.75, 3.05) is 44.4 Å². The molecule has 0 spiro atoms. The lowest BCUT2D eigenvalue weighted by Gasteiger charge is -2.29. The van der Waals surface area contributed by atoms with E-state index in [9.17, 15) is 0 Å². The van der Waals surface area contributed by atoms with Gasteiger partial charge in [-0.1, -0.05) is 0 Å². The number of aromatic nitrogens is 2. The van der Waals surface area contributed by atoms with Crippen LogP contribution in [0.15, 0.2) is 17.4 Å². The highest BCUT2D eigenvalue weighted by Gasteiger charge is 2.13. The fourth-order valence-electron chi connectivity index (χ4n) is 2.00. The minimum atomic E-state index is 0.368. The summed E-state index contributed by atoms with van der Waals surface area (Å²) >= 11 is 1.63. The normalized spacial score (nSPS) is 18.6. The van der Waals surface area contributed by atoms with Crippen molar-refractivity contribution in [3.63, 3.8) is 0 Å². The van der Waals surface area contributed by atoms with Crippen LogP contribution in [0.25, 0.3) is 0 Å². The maximum absolute atomic E-state index is 5.34. The Bertz CT molecular complexity index is 371.